The molecule has 4 aromatic rings. The summed E-state index contributed by atoms with van der Waals surface area (Å²) in [7, 11) is 0. The number of hydrogen-bond acceptors (Lipinski definition) is 3. The normalized spacial score (nSPS) is 24.3. The van der Waals surface area contributed by atoms with Crippen LogP contribution in [-0.4, -0.2) is 5.90 Å². The van der Waals surface area contributed by atoms with Crippen LogP contribution in [0.2, 0.25) is 0 Å². The van der Waals surface area contributed by atoms with Crippen LogP contribution in [0.3, 0.4) is 0 Å². The average molecular weight is 458 g/mol. The van der Waals surface area contributed by atoms with Gasteiger partial charge < -0.3 is 14.8 Å². The molecule has 0 spiro atoms. The quantitative estimate of drug-likeness (QED) is 0.309. The van der Waals surface area contributed by atoms with Crippen LogP contribution >= 0.6 is 0 Å². The first-order chi connectivity index (χ1) is 17.3. The molecule has 35 heavy (non-hydrogen) atoms. The van der Waals surface area contributed by atoms with Gasteiger partial charge >= 0.3 is 0 Å². The molecule has 0 radical (unpaired) electrons. The third-order valence-corrected chi connectivity index (χ3v) is 6.39. The molecular weight excluding hydrogens is 432 g/mol. The van der Waals surface area contributed by atoms with Gasteiger partial charge in [0.25, 0.3) is 0 Å². The van der Waals surface area contributed by atoms with Crippen LogP contribution in [0.4, 0.5) is 0 Å². The first-order valence-electron chi connectivity index (χ1n) is 11.9. The van der Waals surface area contributed by atoms with Crippen molar-refractivity contribution in [3.05, 3.63) is 161 Å². The van der Waals surface area contributed by atoms with Crippen LogP contribution < -0.4 is 0 Å². The number of benzene rings is 4. The summed E-state index contributed by atoms with van der Waals surface area (Å²) in [5.41, 5.74) is 4.41. The maximum absolute atomic E-state index is 6.39. The highest BCUT2D eigenvalue weighted by molar-refractivity contribution is 5.90. The van der Waals surface area contributed by atoms with Crippen molar-refractivity contribution in [1.29, 1.82) is 0 Å². The standard InChI is InChI=1S/C31H25N2O2/c1-5-13-22(14-6-1)28-30(24-17-9-3-10-18-24)34-26(32-28)21-27-33-29(23-15-7-2-8-16-23)31(35-27)25-19-11-4-12-20-25/h1-21,28-31H/q-1/b26-21+/t28-,29-,30-,31-/m0/s1. The molecule has 4 aromatic carbocycles. The molecule has 0 aromatic heterocycles. The third kappa shape index (κ3) is 4.43. The Balaban J connectivity index is 1.33. The molecule has 1 fully saturated rings. The molecule has 2 aliphatic heterocycles. The number of aliphatic imine (C=N–C) groups is 1. The van der Waals surface area contributed by atoms with Crippen molar-refractivity contribution in [3.63, 3.8) is 0 Å². The predicted octanol–water partition coefficient (Wildman–Crippen LogP) is 7.63. The van der Waals surface area contributed by atoms with Gasteiger partial charge in [-0.25, -0.2) is 4.99 Å². The van der Waals surface area contributed by atoms with Gasteiger partial charge in [0.05, 0.1) is 0 Å². The maximum atomic E-state index is 6.39. The van der Waals surface area contributed by atoms with Gasteiger partial charge in [0.1, 0.15) is 12.1 Å². The van der Waals surface area contributed by atoms with Crippen LogP contribution in [0.15, 0.2) is 138 Å². The summed E-state index contributed by atoms with van der Waals surface area (Å²) in [6.45, 7) is 0. The zero-order chi connectivity index (χ0) is 23.5. The largest absolute Gasteiger partial charge is 0.644 e. The molecular formula is C31H25N2O2-. The summed E-state index contributed by atoms with van der Waals surface area (Å²) < 4.78 is 12.8. The summed E-state index contributed by atoms with van der Waals surface area (Å²) in [5, 5.41) is 4.95. The van der Waals surface area contributed by atoms with Gasteiger partial charge in [0.15, 0.2) is 6.10 Å². The molecule has 2 aliphatic rings. The molecule has 4 atom stereocenters. The van der Waals surface area contributed by atoms with Crippen LogP contribution in [-0.2, 0) is 9.47 Å². The van der Waals surface area contributed by atoms with Gasteiger partial charge in [-0.3, -0.25) is 0 Å². The number of hydrogen-bond donors (Lipinski definition) is 0. The van der Waals surface area contributed by atoms with Gasteiger partial charge in [0, 0.05) is 12.0 Å². The first kappa shape index (κ1) is 21.2. The van der Waals surface area contributed by atoms with Gasteiger partial charge in [-0.2, -0.15) is 0 Å². The van der Waals surface area contributed by atoms with Gasteiger partial charge in [0.2, 0.25) is 5.90 Å². The SMILES string of the molecule is C(/C1=N[C@@H](c2ccccc2)[C@H](c2ccccc2)O1)=C1/[N-][C@@H](c2ccccc2)[C@H](c2ccccc2)O1. The lowest BCUT2D eigenvalue weighted by Crippen LogP contribution is -2.08. The highest BCUT2D eigenvalue weighted by atomic mass is 16.5. The predicted molar refractivity (Wildman–Crippen MR) is 138 cm³/mol. The van der Waals surface area contributed by atoms with Crippen molar-refractivity contribution in [3.8, 4) is 0 Å². The molecule has 0 saturated carbocycles. The Hall–Kier alpha value is -4.31. The fourth-order valence-electron chi connectivity index (χ4n) is 4.69. The fourth-order valence-corrected chi connectivity index (χ4v) is 4.69. The summed E-state index contributed by atoms with van der Waals surface area (Å²) in [4.78, 5) is 4.95. The van der Waals surface area contributed by atoms with Crippen LogP contribution in [0.5, 0.6) is 0 Å². The minimum atomic E-state index is -0.207. The van der Waals surface area contributed by atoms with E-state index in [2.05, 4.69) is 48.5 Å². The van der Waals surface area contributed by atoms with Gasteiger partial charge in [-0.1, -0.05) is 127 Å². The van der Waals surface area contributed by atoms with Crippen molar-refractivity contribution in [1.82, 2.24) is 0 Å². The molecule has 4 heteroatoms. The zero-order valence-electron chi connectivity index (χ0n) is 19.1. The van der Waals surface area contributed by atoms with Crippen LogP contribution in [0.25, 0.3) is 5.32 Å². The smallest absolute Gasteiger partial charge is 0.211 e. The van der Waals surface area contributed by atoms with E-state index in [0.29, 0.717) is 11.8 Å². The molecule has 4 nitrogen and oxygen atoms in total. The molecule has 2 heterocycles. The van der Waals surface area contributed by atoms with E-state index in [1.807, 2.05) is 78.9 Å². The molecule has 0 unspecified atom stereocenters. The Morgan fingerprint density at radius 3 is 1.60 bits per heavy atom. The summed E-state index contributed by atoms with van der Waals surface area (Å²) in [5.74, 6) is 1.07. The Morgan fingerprint density at radius 1 is 0.543 bits per heavy atom. The van der Waals surface area contributed by atoms with E-state index in [1.165, 1.54) is 0 Å². The lowest BCUT2D eigenvalue weighted by molar-refractivity contribution is 0.150. The minimum absolute atomic E-state index is 0.137. The molecule has 172 valence electrons. The highest BCUT2D eigenvalue weighted by Crippen LogP contribution is 2.49. The van der Waals surface area contributed by atoms with E-state index >= 15 is 0 Å². The second kappa shape index (κ2) is 9.51. The molecule has 0 aliphatic carbocycles. The second-order valence-electron chi connectivity index (χ2n) is 8.69. The molecule has 0 bridgehead atoms. The summed E-state index contributed by atoms with van der Waals surface area (Å²) in [6.07, 6.45) is 1.42. The van der Waals surface area contributed by atoms with E-state index in [1.54, 1.807) is 0 Å². The first-order valence-corrected chi connectivity index (χ1v) is 11.9. The van der Waals surface area contributed by atoms with Gasteiger partial charge in [-0.05, 0) is 22.7 Å². The topological polar surface area (TPSA) is 44.9 Å². The van der Waals surface area contributed by atoms with Crippen LogP contribution in [0, 0.1) is 0 Å². The average Bonchev–Trinajstić information content (AvgIpc) is 3.56. The van der Waals surface area contributed by atoms with Crippen molar-refractivity contribution < 1.29 is 9.47 Å². The van der Waals surface area contributed by atoms with Gasteiger partial charge in [-0.15, -0.1) is 0 Å². The van der Waals surface area contributed by atoms with E-state index in [9.17, 15) is 0 Å². The lowest BCUT2D eigenvalue weighted by atomic mass is 9.97. The Labute approximate surface area is 205 Å². The number of nitrogens with zero attached hydrogens (tertiary/aromatic N) is 2. The van der Waals surface area contributed by atoms with Crippen molar-refractivity contribution in [2.45, 2.75) is 24.3 Å². The number of ether oxygens (including phenoxy) is 2. The fraction of sp³-hybridized carbons (Fsp3) is 0.129. The Kier molecular flexibility index (Phi) is 5.77. The summed E-state index contributed by atoms with van der Waals surface area (Å²) in [6, 6.07) is 40.7. The number of rotatable bonds is 5. The van der Waals surface area contributed by atoms with Crippen molar-refractivity contribution >= 4 is 5.90 Å². The Morgan fingerprint density at radius 2 is 1.03 bits per heavy atom. The van der Waals surface area contributed by atoms with E-state index < -0.39 is 0 Å². The van der Waals surface area contributed by atoms with E-state index in [4.69, 9.17) is 19.8 Å². The lowest BCUT2D eigenvalue weighted by Gasteiger charge is -2.26. The van der Waals surface area contributed by atoms with E-state index in [-0.39, 0.29) is 24.3 Å². The monoisotopic (exact) mass is 457 g/mol. The summed E-state index contributed by atoms with van der Waals surface area (Å²) >= 11 is 0. The highest BCUT2D eigenvalue weighted by Gasteiger charge is 2.33. The zero-order valence-corrected chi connectivity index (χ0v) is 19.1. The molecule has 1 saturated heterocycles. The molecule has 6 rings (SSSR count). The second-order valence-corrected chi connectivity index (χ2v) is 8.69. The third-order valence-electron chi connectivity index (χ3n) is 6.39. The molecule has 0 amide bonds. The molecule has 0 N–H and O–H groups in total. The minimum Gasteiger partial charge on any atom is -0.644 e. The van der Waals surface area contributed by atoms with Crippen LogP contribution in [0.1, 0.15) is 46.5 Å². The Bertz CT molecular complexity index is 1270. The van der Waals surface area contributed by atoms with E-state index in [0.717, 1.165) is 22.3 Å². The van der Waals surface area contributed by atoms with Crippen molar-refractivity contribution in [2.75, 3.05) is 0 Å². The van der Waals surface area contributed by atoms with Crippen molar-refractivity contribution in [2.24, 2.45) is 4.99 Å². The maximum Gasteiger partial charge on any atom is 0.211 e.